The minimum absolute atomic E-state index is 0.158. The summed E-state index contributed by atoms with van der Waals surface area (Å²) in [4.78, 5) is 14.7. The summed E-state index contributed by atoms with van der Waals surface area (Å²) in [6.45, 7) is 11.1. The zero-order chi connectivity index (χ0) is 14.8. The number of hydrogen-bond acceptors (Lipinski definition) is 3. The molecule has 1 heterocycles. The maximum absolute atomic E-state index is 12.7. The molecule has 1 N–H and O–H groups in total. The molecule has 0 saturated carbocycles. The molecule has 1 fully saturated rings. The normalized spacial score (nSPS) is 17.9. The van der Waals surface area contributed by atoms with Gasteiger partial charge in [-0.3, -0.25) is 4.79 Å². The Morgan fingerprint density at radius 3 is 2.80 bits per heavy atom. The van der Waals surface area contributed by atoms with Gasteiger partial charge in [-0.15, -0.1) is 0 Å². The highest BCUT2D eigenvalue weighted by molar-refractivity contribution is 8.00. The summed E-state index contributed by atoms with van der Waals surface area (Å²) in [5.41, 5.74) is 2.95. The van der Waals surface area contributed by atoms with Gasteiger partial charge in [-0.1, -0.05) is 0 Å². The average Bonchev–Trinajstić information content (AvgIpc) is 2.37. The second-order valence-electron chi connectivity index (χ2n) is 5.89. The molecule has 2 rings (SSSR count). The van der Waals surface area contributed by atoms with E-state index in [-0.39, 0.29) is 10.7 Å². The summed E-state index contributed by atoms with van der Waals surface area (Å²) in [5, 5.41) is 3.28. The molecule has 0 unspecified atom stereocenters. The highest BCUT2D eigenvalue weighted by Gasteiger charge is 2.30. The molecule has 1 aromatic rings. The lowest BCUT2D eigenvalue weighted by Gasteiger charge is -2.37. The summed E-state index contributed by atoms with van der Waals surface area (Å²) < 4.78 is 0.158. The largest absolute Gasteiger partial charge is 0.385 e. The van der Waals surface area contributed by atoms with Crippen LogP contribution < -0.4 is 5.32 Å². The van der Waals surface area contributed by atoms with Crippen molar-refractivity contribution in [1.82, 2.24) is 4.90 Å². The fourth-order valence-electron chi connectivity index (χ4n) is 2.58. The smallest absolute Gasteiger partial charge is 0.254 e. The molecule has 0 atom stereocenters. The first kappa shape index (κ1) is 15.2. The van der Waals surface area contributed by atoms with E-state index in [1.54, 1.807) is 0 Å². The minimum Gasteiger partial charge on any atom is -0.385 e. The van der Waals surface area contributed by atoms with Crippen molar-refractivity contribution in [3.05, 3.63) is 29.3 Å². The van der Waals surface area contributed by atoms with Gasteiger partial charge >= 0.3 is 0 Å². The number of carbonyl (C=O) groups excluding carboxylic acids is 1. The van der Waals surface area contributed by atoms with Gasteiger partial charge in [0.15, 0.2) is 0 Å². The van der Waals surface area contributed by atoms with E-state index in [1.807, 2.05) is 35.7 Å². The SMILES string of the molecule is CCNc1ccc(C(=O)N2CCSC(C)(C)C2)c(C)c1. The molecule has 1 aliphatic rings. The quantitative estimate of drug-likeness (QED) is 0.927. The number of nitrogens with zero attached hydrogens (tertiary/aromatic N) is 1. The summed E-state index contributed by atoms with van der Waals surface area (Å²) >= 11 is 1.95. The molecular formula is C16H24N2OS. The molecule has 3 nitrogen and oxygen atoms in total. The van der Waals surface area contributed by atoms with Gasteiger partial charge in [-0.2, -0.15) is 11.8 Å². The van der Waals surface area contributed by atoms with Crippen molar-refractivity contribution < 1.29 is 4.79 Å². The Bertz CT molecular complexity index is 499. The number of hydrogen-bond donors (Lipinski definition) is 1. The molecule has 0 aliphatic carbocycles. The van der Waals surface area contributed by atoms with Crippen LogP contribution in [0, 0.1) is 6.92 Å². The van der Waals surface area contributed by atoms with E-state index in [4.69, 9.17) is 0 Å². The van der Waals surface area contributed by atoms with E-state index in [2.05, 4.69) is 32.2 Å². The third kappa shape index (κ3) is 3.48. The Morgan fingerprint density at radius 1 is 1.45 bits per heavy atom. The van der Waals surface area contributed by atoms with Crippen LogP contribution in [0.4, 0.5) is 5.69 Å². The van der Waals surface area contributed by atoms with E-state index in [0.29, 0.717) is 0 Å². The molecule has 0 aromatic heterocycles. The lowest BCUT2D eigenvalue weighted by atomic mass is 10.1. The molecule has 0 radical (unpaired) electrons. The number of rotatable bonds is 3. The predicted octanol–water partition coefficient (Wildman–Crippen LogP) is 3.39. The number of anilines is 1. The van der Waals surface area contributed by atoms with Gasteiger partial charge in [0.2, 0.25) is 0 Å². The lowest BCUT2D eigenvalue weighted by molar-refractivity contribution is 0.0747. The Labute approximate surface area is 126 Å². The molecule has 20 heavy (non-hydrogen) atoms. The van der Waals surface area contributed by atoms with E-state index in [1.165, 1.54) is 0 Å². The molecule has 0 spiro atoms. The first-order valence-electron chi connectivity index (χ1n) is 7.21. The number of aryl methyl sites for hydroxylation is 1. The first-order valence-corrected chi connectivity index (χ1v) is 8.19. The van der Waals surface area contributed by atoms with Crippen molar-refractivity contribution in [2.45, 2.75) is 32.4 Å². The van der Waals surface area contributed by atoms with Crippen LogP contribution in [0.15, 0.2) is 18.2 Å². The van der Waals surface area contributed by atoms with Crippen LogP contribution in [0.25, 0.3) is 0 Å². The molecule has 4 heteroatoms. The molecule has 1 aliphatic heterocycles. The predicted molar refractivity (Wildman–Crippen MR) is 87.8 cm³/mol. The molecule has 0 bridgehead atoms. The number of nitrogens with one attached hydrogen (secondary N) is 1. The van der Waals surface area contributed by atoms with Gasteiger partial charge in [-0.25, -0.2) is 0 Å². The summed E-state index contributed by atoms with van der Waals surface area (Å²) in [6, 6.07) is 6.00. The highest BCUT2D eigenvalue weighted by Crippen LogP contribution is 2.30. The van der Waals surface area contributed by atoms with Crippen molar-refractivity contribution in [3.63, 3.8) is 0 Å². The second-order valence-corrected chi connectivity index (χ2v) is 7.70. The van der Waals surface area contributed by atoms with Crippen LogP contribution in [0.3, 0.4) is 0 Å². The van der Waals surface area contributed by atoms with E-state index < -0.39 is 0 Å². The fraction of sp³-hybridized carbons (Fsp3) is 0.562. The zero-order valence-corrected chi connectivity index (χ0v) is 13.6. The summed E-state index contributed by atoms with van der Waals surface area (Å²) in [5.74, 6) is 1.19. The summed E-state index contributed by atoms with van der Waals surface area (Å²) in [6.07, 6.45) is 0. The van der Waals surface area contributed by atoms with Crippen molar-refractivity contribution in [1.29, 1.82) is 0 Å². The number of amides is 1. The Morgan fingerprint density at radius 2 is 2.20 bits per heavy atom. The van der Waals surface area contributed by atoms with Crippen LogP contribution in [0.5, 0.6) is 0 Å². The van der Waals surface area contributed by atoms with Gasteiger partial charge in [0, 0.05) is 41.4 Å². The van der Waals surface area contributed by atoms with Crippen LogP contribution >= 0.6 is 11.8 Å². The average molecular weight is 292 g/mol. The first-order chi connectivity index (χ1) is 9.43. The Kier molecular flexibility index (Phi) is 4.63. The third-order valence-electron chi connectivity index (χ3n) is 3.55. The van der Waals surface area contributed by atoms with Crippen molar-refractivity contribution in [3.8, 4) is 0 Å². The fourth-order valence-corrected chi connectivity index (χ4v) is 3.69. The minimum atomic E-state index is 0.158. The van der Waals surface area contributed by atoms with Crippen LogP contribution in [0.1, 0.15) is 36.7 Å². The molecule has 1 saturated heterocycles. The summed E-state index contributed by atoms with van der Waals surface area (Å²) in [7, 11) is 0. The van der Waals surface area contributed by atoms with Gasteiger partial charge in [0.25, 0.3) is 5.91 Å². The van der Waals surface area contributed by atoms with Crippen LogP contribution in [0.2, 0.25) is 0 Å². The number of thioether (sulfide) groups is 1. The van der Waals surface area contributed by atoms with Crippen molar-refractivity contribution in [2.75, 3.05) is 30.7 Å². The van der Waals surface area contributed by atoms with Crippen molar-refractivity contribution >= 4 is 23.4 Å². The van der Waals surface area contributed by atoms with Crippen LogP contribution in [-0.4, -0.2) is 40.9 Å². The van der Waals surface area contributed by atoms with Gasteiger partial charge in [-0.05, 0) is 51.5 Å². The standard InChI is InChI=1S/C16H24N2OS/c1-5-17-13-6-7-14(12(2)10-13)15(19)18-8-9-20-16(3,4)11-18/h6-7,10,17H,5,8-9,11H2,1-4H3. The van der Waals surface area contributed by atoms with Crippen molar-refractivity contribution in [2.24, 2.45) is 0 Å². The topological polar surface area (TPSA) is 32.3 Å². The Balaban J connectivity index is 2.16. The maximum Gasteiger partial charge on any atom is 0.254 e. The monoisotopic (exact) mass is 292 g/mol. The second kappa shape index (κ2) is 6.08. The molecule has 1 aromatic carbocycles. The lowest BCUT2D eigenvalue weighted by Crippen LogP contribution is -2.46. The van der Waals surface area contributed by atoms with E-state index in [9.17, 15) is 4.79 Å². The van der Waals surface area contributed by atoms with Gasteiger partial charge in [0.05, 0.1) is 0 Å². The molecule has 1 amide bonds. The molecular weight excluding hydrogens is 268 g/mol. The maximum atomic E-state index is 12.7. The van der Waals surface area contributed by atoms with Gasteiger partial charge < -0.3 is 10.2 Å². The highest BCUT2D eigenvalue weighted by atomic mass is 32.2. The van der Waals surface area contributed by atoms with Gasteiger partial charge in [0.1, 0.15) is 0 Å². The molecule has 110 valence electrons. The van der Waals surface area contributed by atoms with Crippen LogP contribution in [-0.2, 0) is 0 Å². The van der Waals surface area contributed by atoms with E-state index >= 15 is 0 Å². The third-order valence-corrected chi connectivity index (χ3v) is 4.85. The Hall–Kier alpha value is -1.16. The zero-order valence-electron chi connectivity index (χ0n) is 12.8. The number of carbonyl (C=O) groups is 1. The van der Waals surface area contributed by atoms with E-state index in [0.717, 1.165) is 42.2 Å². The number of benzene rings is 1.